The maximum Gasteiger partial charge on any atom is 0.297 e. The summed E-state index contributed by atoms with van der Waals surface area (Å²) in [5.74, 6) is 0.236. The van der Waals surface area contributed by atoms with E-state index in [1.54, 1.807) is 35.5 Å². The summed E-state index contributed by atoms with van der Waals surface area (Å²) in [5, 5.41) is 16.2. The standard InChI is InChI=1S/C47H51N7O9S/c55-46(51-64(58,59)34-22-40(54(56)57)44-42(23-34)62-27-38(50-44)43-28-60-18-19-61-43)37-10-9-31(21-41(37)63-33-20-30-11-14-48-45(30)49-26-33)52-16-12-47(13-17-52)24-32(25-47)53-15-3-6-39(53)36-5-2-1-4-35(36)29-7-8-29/h1-2,4-5,9-11,14,20-23,26,29,32,38-39,43,50H,3,6-8,12-13,15-19,24-25,27-28H2,(H,48,49)(H,51,55)/t38-,39?,43-/m0/s1. The van der Waals surface area contributed by atoms with Gasteiger partial charge in [-0.05, 0) is 105 Å². The fraction of sp³-hybridized carbons (Fsp3) is 0.447. The van der Waals surface area contributed by atoms with Gasteiger partial charge in [-0.15, -0.1) is 0 Å². The summed E-state index contributed by atoms with van der Waals surface area (Å²) in [5.41, 5.74) is 4.41. The highest BCUT2D eigenvalue weighted by Gasteiger charge is 2.50. The van der Waals surface area contributed by atoms with Crippen LogP contribution in [0, 0.1) is 15.5 Å². The Morgan fingerprint density at radius 3 is 2.58 bits per heavy atom. The molecule has 11 rings (SSSR count). The molecule has 6 heterocycles. The molecule has 1 spiro atoms. The van der Waals surface area contributed by atoms with Crippen LogP contribution in [-0.4, -0.2) is 98.4 Å². The van der Waals surface area contributed by atoms with Gasteiger partial charge in [0.1, 0.15) is 29.9 Å². The van der Waals surface area contributed by atoms with E-state index in [9.17, 15) is 23.3 Å². The van der Waals surface area contributed by atoms with Crippen molar-refractivity contribution in [3.05, 3.63) is 106 Å². The number of aromatic amines is 1. The molecule has 17 heteroatoms. The number of benzene rings is 3. The first-order valence-corrected chi connectivity index (χ1v) is 23.9. The zero-order valence-corrected chi connectivity index (χ0v) is 36.2. The van der Waals surface area contributed by atoms with Crippen LogP contribution in [0.5, 0.6) is 17.2 Å². The minimum absolute atomic E-state index is 0.0197. The Labute approximate surface area is 370 Å². The molecule has 334 valence electrons. The third kappa shape index (κ3) is 7.81. The van der Waals surface area contributed by atoms with Crippen LogP contribution in [0.15, 0.2) is 84.0 Å². The molecule has 6 aliphatic rings. The van der Waals surface area contributed by atoms with Crippen molar-refractivity contribution in [1.29, 1.82) is 0 Å². The number of piperidine rings is 1. The third-order valence-electron chi connectivity index (χ3n) is 14.3. The molecule has 3 atom stereocenters. The highest BCUT2D eigenvalue weighted by Crippen LogP contribution is 2.55. The van der Waals surface area contributed by atoms with E-state index in [2.05, 4.69) is 54.1 Å². The van der Waals surface area contributed by atoms with E-state index >= 15 is 0 Å². The summed E-state index contributed by atoms with van der Waals surface area (Å²) in [6.07, 6.45) is 12.5. The van der Waals surface area contributed by atoms with Crippen LogP contribution in [0.1, 0.15) is 84.8 Å². The maximum atomic E-state index is 14.1. The van der Waals surface area contributed by atoms with Crippen molar-refractivity contribution >= 4 is 44.0 Å². The first-order chi connectivity index (χ1) is 31.1. The van der Waals surface area contributed by atoms with Crippen LogP contribution in [0.25, 0.3) is 11.0 Å². The number of nitrogens with zero attached hydrogens (tertiary/aromatic N) is 4. The Morgan fingerprint density at radius 1 is 0.969 bits per heavy atom. The van der Waals surface area contributed by atoms with Gasteiger partial charge in [0.2, 0.25) is 0 Å². The number of rotatable bonds is 11. The molecule has 0 bridgehead atoms. The van der Waals surface area contributed by atoms with E-state index in [1.807, 2.05) is 12.1 Å². The van der Waals surface area contributed by atoms with Gasteiger partial charge in [-0.3, -0.25) is 19.8 Å². The first kappa shape index (κ1) is 41.0. The number of fused-ring (bicyclic) bond motifs is 2. The molecule has 1 unspecified atom stereocenters. The summed E-state index contributed by atoms with van der Waals surface area (Å²) in [7, 11) is -4.66. The summed E-state index contributed by atoms with van der Waals surface area (Å²) in [4.78, 5) is 37.8. The van der Waals surface area contributed by atoms with Gasteiger partial charge in [0.05, 0.1) is 47.4 Å². The predicted octanol–water partition coefficient (Wildman–Crippen LogP) is 7.43. The van der Waals surface area contributed by atoms with Crippen molar-refractivity contribution in [1.82, 2.24) is 19.6 Å². The van der Waals surface area contributed by atoms with Crippen molar-refractivity contribution in [2.45, 2.75) is 86.4 Å². The number of anilines is 2. The molecule has 16 nitrogen and oxygen atoms in total. The van der Waals surface area contributed by atoms with Crippen LogP contribution in [0.4, 0.5) is 17.1 Å². The number of carbonyl (C=O) groups excluding carboxylic acids is 1. The summed E-state index contributed by atoms with van der Waals surface area (Å²) < 4.78 is 53.4. The zero-order chi connectivity index (χ0) is 43.6. The lowest BCUT2D eigenvalue weighted by Gasteiger charge is -2.56. The minimum atomic E-state index is -4.66. The second kappa shape index (κ2) is 16.4. The van der Waals surface area contributed by atoms with Crippen LogP contribution in [-0.2, 0) is 19.5 Å². The molecule has 64 heavy (non-hydrogen) atoms. The van der Waals surface area contributed by atoms with E-state index in [-0.39, 0.29) is 36.0 Å². The SMILES string of the molecule is O=C(NS(=O)(=O)c1cc2c(c([N+](=O)[O-])c1)N[C@H]([C@@H]1COCCO1)CO2)c1ccc(N2CCC3(CC2)CC(N2CCCC2c2ccccc2C2CC2)C3)cc1Oc1cnc2[nH]ccc2c1. The van der Waals surface area contributed by atoms with E-state index in [1.165, 1.54) is 57.3 Å². The number of H-pyrrole nitrogens is 1. The van der Waals surface area contributed by atoms with Crippen molar-refractivity contribution in [3.63, 3.8) is 0 Å². The molecule has 2 saturated carbocycles. The number of nitrogens with one attached hydrogen (secondary N) is 3. The monoisotopic (exact) mass is 889 g/mol. The fourth-order valence-corrected chi connectivity index (χ4v) is 11.8. The second-order valence-electron chi connectivity index (χ2n) is 18.3. The summed E-state index contributed by atoms with van der Waals surface area (Å²) >= 11 is 0. The number of nitro benzene ring substituents is 1. The number of pyridine rings is 1. The highest BCUT2D eigenvalue weighted by atomic mass is 32.2. The second-order valence-corrected chi connectivity index (χ2v) is 20.0. The molecule has 0 radical (unpaired) electrons. The third-order valence-corrected chi connectivity index (χ3v) is 15.6. The molecule has 1 amide bonds. The van der Waals surface area contributed by atoms with Gasteiger partial charge in [0.15, 0.2) is 11.4 Å². The summed E-state index contributed by atoms with van der Waals surface area (Å²) in [6, 6.07) is 20.7. The van der Waals surface area contributed by atoms with Gasteiger partial charge < -0.3 is 34.1 Å². The number of nitro groups is 1. The largest absolute Gasteiger partial charge is 0.489 e. The van der Waals surface area contributed by atoms with Gasteiger partial charge >= 0.3 is 0 Å². The molecular formula is C47H51N7O9S. The number of ether oxygens (including phenoxy) is 4. The number of likely N-dealkylation sites (tertiary alicyclic amines) is 1. The lowest BCUT2D eigenvalue weighted by atomic mass is 9.59. The van der Waals surface area contributed by atoms with E-state index in [0.29, 0.717) is 42.1 Å². The molecule has 4 aliphatic heterocycles. The van der Waals surface area contributed by atoms with Crippen molar-refractivity contribution in [2.24, 2.45) is 5.41 Å². The molecule has 5 aromatic rings. The van der Waals surface area contributed by atoms with E-state index in [4.69, 9.17) is 18.9 Å². The van der Waals surface area contributed by atoms with Gasteiger partial charge in [0, 0.05) is 60.6 Å². The Bertz CT molecular complexity index is 2720. The molecule has 2 aliphatic carbocycles. The lowest BCUT2D eigenvalue weighted by molar-refractivity contribution is -0.384. The molecule has 2 aromatic heterocycles. The highest BCUT2D eigenvalue weighted by molar-refractivity contribution is 7.90. The normalized spacial score (nSPS) is 23.5. The molecule has 3 saturated heterocycles. The first-order valence-electron chi connectivity index (χ1n) is 22.4. The van der Waals surface area contributed by atoms with Gasteiger partial charge in [-0.1, -0.05) is 24.3 Å². The van der Waals surface area contributed by atoms with Crippen molar-refractivity contribution in [2.75, 3.05) is 56.3 Å². The molecular weight excluding hydrogens is 839 g/mol. The Morgan fingerprint density at radius 2 is 1.80 bits per heavy atom. The quantitative estimate of drug-likeness (QED) is 0.0878. The topological polar surface area (TPSA) is 190 Å². The van der Waals surface area contributed by atoms with Gasteiger partial charge in [-0.2, -0.15) is 0 Å². The van der Waals surface area contributed by atoms with E-state index in [0.717, 1.165) is 49.0 Å². The average Bonchev–Trinajstić information content (AvgIpc) is 3.84. The Kier molecular flexibility index (Phi) is 10.5. The Balaban J connectivity index is 0.807. The molecule has 3 aromatic carbocycles. The van der Waals surface area contributed by atoms with Crippen LogP contribution >= 0.6 is 0 Å². The smallest absolute Gasteiger partial charge is 0.297 e. The number of sulfonamides is 1. The van der Waals surface area contributed by atoms with Crippen molar-refractivity contribution in [3.8, 4) is 17.2 Å². The molecule has 3 N–H and O–H groups in total. The van der Waals surface area contributed by atoms with Crippen LogP contribution in [0.3, 0.4) is 0 Å². The number of hydrogen-bond acceptors (Lipinski definition) is 13. The lowest BCUT2D eigenvalue weighted by Crippen LogP contribution is -2.54. The Hall–Kier alpha value is -5.75. The van der Waals surface area contributed by atoms with Crippen LogP contribution in [0.2, 0.25) is 0 Å². The number of hydrogen-bond donors (Lipinski definition) is 3. The fourth-order valence-electron chi connectivity index (χ4n) is 10.8. The number of amides is 1. The average molecular weight is 890 g/mol. The van der Waals surface area contributed by atoms with Crippen LogP contribution < -0.4 is 24.4 Å². The number of aromatic nitrogens is 2. The zero-order valence-electron chi connectivity index (χ0n) is 35.4. The van der Waals surface area contributed by atoms with Gasteiger partial charge in [-0.25, -0.2) is 18.1 Å². The van der Waals surface area contributed by atoms with E-state index < -0.39 is 43.6 Å². The van der Waals surface area contributed by atoms with Crippen molar-refractivity contribution < 1.29 is 37.1 Å². The summed E-state index contributed by atoms with van der Waals surface area (Å²) in [6.45, 7) is 4.00. The van der Waals surface area contributed by atoms with Gasteiger partial charge in [0.25, 0.3) is 21.6 Å². The predicted molar refractivity (Wildman–Crippen MR) is 238 cm³/mol. The maximum absolute atomic E-state index is 14.1. The number of carbonyl (C=O) groups is 1. The molecule has 5 fully saturated rings. The minimum Gasteiger partial charge on any atom is -0.489 e.